The molecule has 21 heavy (non-hydrogen) atoms. The lowest BCUT2D eigenvalue weighted by Gasteiger charge is -2.09. The fourth-order valence-electron chi connectivity index (χ4n) is 1.48. The number of sulfonamides is 1. The van der Waals surface area contributed by atoms with Crippen LogP contribution in [-0.2, 0) is 16.6 Å². The Morgan fingerprint density at radius 2 is 2.19 bits per heavy atom. The van der Waals surface area contributed by atoms with Gasteiger partial charge in [-0.3, -0.25) is 0 Å². The zero-order chi connectivity index (χ0) is 15.5. The zero-order valence-electron chi connectivity index (χ0n) is 10.4. The predicted molar refractivity (Wildman–Crippen MR) is 70.7 cm³/mol. The Hall–Kier alpha value is -1.71. The van der Waals surface area contributed by atoms with E-state index in [9.17, 15) is 17.2 Å². The monoisotopic (exact) mass is 337 g/mol. The average Bonchev–Trinajstić information content (AvgIpc) is 2.91. The lowest BCUT2D eigenvalue weighted by Crippen LogP contribution is -2.23. The van der Waals surface area contributed by atoms with Gasteiger partial charge in [0.25, 0.3) is 0 Å². The third-order valence-corrected chi connectivity index (χ3v) is 4.11. The molecule has 0 atom stereocenters. The van der Waals surface area contributed by atoms with Gasteiger partial charge in [0.2, 0.25) is 10.0 Å². The molecule has 0 aliphatic carbocycles. The minimum atomic E-state index is -3.84. The molecule has 1 aromatic carbocycles. The molecular weight excluding hydrogens is 328 g/mol. The number of imidazole rings is 1. The maximum atomic E-state index is 12.1. The summed E-state index contributed by atoms with van der Waals surface area (Å²) >= 11 is 5.71. The van der Waals surface area contributed by atoms with Gasteiger partial charge in [-0.2, -0.15) is 8.78 Å². The van der Waals surface area contributed by atoms with Crippen LogP contribution in [0.3, 0.4) is 0 Å². The van der Waals surface area contributed by atoms with Gasteiger partial charge in [-0.05, 0) is 18.2 Å². The van der Waals surface area contributed by atoms with Crippen molar-refractivity contribution in [3.63, 3.8) is 0 Å². The highest BCUT2D eigenvalue weighted by Gasteiger charge is 2.17. The number of H-pyrrole nitrogens is 1. The summed E-state index contributed by atoms with van der Waals surface area (Å²) in [6, 6.07) is 3.22. The Morgan fingerprint density at radius 3 is 2.76 bits per heavy atom. The van der Waals surface area contributed by atoms with E-state index in [0.717, 1.165) is 18.2 Å². The Labute approximate surface area is 124 Å². The largest absolute Gasteiger partial charge is 0.433 e. The van der Waals surface area contributed by atoms with E-state index in [-0.39, 0.29) is 22.2 Å². The third kappa shape index (κ3) is 4.13. The number of rotatable bonds is 6. The number of benzene rings is 1. The molecule has 1 aromatic heterocycles. The molecule has 0 radical (unpaired) electrons. The van der Waals surface area contributed by atoms with Gasteiger partial charge in [-0.15, -0.1) is 0 Å². The Bertz CT molecular complexity index is 708. The fourth-order valence-corrected chi connectivity index (χ4v) is 2.79. The van der Waals surface area contributed by atoms with Crippen molar-refractivity contribution in [1.82, 2.24) is 14.7 Å². The first kappa shape index (κ1) is 15.7. The quantitative estimate of drug-likeness (QED) is 0.846. The molecule has 0 bridgehead atoms. The van der Waals surface area contributed by atoms with E-state index in [0.29, 0.717) is 5.82 Å². The van der Waals surface area contributed by atoms with Gasteiger partial charge in [0.05, 0.1) is 16.5 Å². The van der Waals surface area contributed by atoms with Gasteiger partial charge < -0.3 is 9.72 Å². The number of aromatic amines is 1. The van der Waals surface area contributed by atoms with Crippen LogP contribution < -0.4 is 9.46 Å². The lowest BCUT2D eigenvalue weighted by molar-refractivity contribution is -0.0498. The molecule has 0 saturated carbocycles. The number of halogens is 3. The highest BCUT2D eigenvalue weighted by molar-refractivity contribution is 7.89. The normalized spacial score (nSPS) is 11.8. The van der Waals surface area contributed by atoms with Crippen molar-refractivity contribution >= 4 is 21.6 Å². The summed E-state index contributed by atoms with van der Waals surface area (Å²) in [4.78, 5) is 6.44. The molecule has 2 rings (SSSR count). The van der Waals surface area contributed by atoms with Crippen molar-refractivity contribution in [3.8, 4) is 5.75 Å². The van der Waals surface area contributed by atoms with Crippen LogP contribution in [0.25, 0.3) is 0 Å². The lowest BCUT2D eigenvalue weighted by atomic mass is 10.3. The number of ether oxygens (including phenoxy) is 1. The average molecular weight is 338 g/mol. The molecule has 0 unspecified atom stereocenters. The van der Waals surface area contributed by atoms with Gasteiger partial charge in [-0.25, -0.2) is 18.1 Å². The van der Waals surface area contributed by atoms with Crippen molar-refractivity contribution in [2.24, 2.45) is 0 Å². The smallest absolute Gasteiger partial charge is 0.387 e. The van der Waals surface area contributed by atoms with E-state index in [1.54, 1.807) is 6.20 Å². The van der Waals surface area contributed by atoms with Gasteiger partial charge in [0.15, 0.2) is 0 Å². The molecule has 0 aliphatic rings. The number of alkyl halides is 2. The Balaban J connectivity index is 2.14. The number of nitrogens with zero attached hydrogens (tertiary/aromatic N) is 1. The van der Waals surface area contributed by atoms with Crippen LogP contribution in [-0.4, -0.2) is 25.0 Å². The molecule has 2 N–H and O–H groups in total. The summed E-state index contributed by atoms with van der Waals surface area (Å²) in [6.07, 6.45) is 3.04. The van der Waals surface area contributed by atoms with Crippen molar-refractivity contribution in [2.45, 2.75) is 18.1 Å². The molecule has 0 amide bonds. The van der Waals surface area contributed by atoms with E-state index in [2.05, 4.69) is 19.4 Å². The molecule has 0 saturated heterocycles. The number of hydrogen-bond donors (Lipinski definition) is 2. The molecule has 10 heteroatoms. The first-order valence-electron chi connectivity index (χ1n) is 5.61. The van der Waals surface area contributed by atoms with Gasteiger partial charge in [-0.1, -0.05) is 11.6 Å². The van der Waals surface area contributed by atoms with Crippen molar-refractivity contribution in [2.75, 3.05) is 0 Å². The third-order valence-electron chi connectivity index (χ3n) is 2.41. The second-order valence-electron chi connectivity index (χ2n) is 3.83. The van der Waals surface area contributed by atoms with Crippen molar-refractivity contribution < 1.29 is 21.9 Å². The number of nitrogens with one attached hydrogen (secondary N) is 2. The standard InChI is InChI=1S/C11H10ClF2N3O3S/c12-8-5-7(1-2-9(8)20-11(13)14)21(18,19)17-6-10-15-3-4-16-10/h1-5,11,17H,6H2,(H,15,16). The van der Waals surface area contributed by atoms with E-state index < -0.39 is 16.6 Å². The van der Waals surface area contributed by atoms with Crippen LogP contribution in [0.5, 0.6) is 5.75 Å². The minimum absolute atomic E-state index is 0.0394. The van der Waals surface area contributed by atoms with Crippen LogP contribution in [0.4, 0.5) is 8.78 Å². The van der Waals surface area contributed by atoms with Crippen LogP contribution in [0, 0.1) is 0 Å². The molecular formula is C11H10ClF2N3O3S. The van der Waals surface area contributed by atoms with Gasteiger partial charge in [0.1, 0.15) is 11.6 Å². The molecule has 0 spiro atoms. The van der Waals surface area contributed by atoms with E-state index in [4.69, 9.17) is 11.6 Å². The van der Waals surface area contributed by atoms with E-state index in [1.165, 1.54) is 6.20 Å². The topological polar surface area (TPSA) is 84.1 Å². The molecule has 6 nitrogen and oxygen atoms in total. The summed E-state index contributed by atoms with van der Waals surface area (Å²) in [5.41, 5.74) is 0. The van der Waals surface area contributed by atoms with Crippen molar-refractivity contribution in [1.29, 1.82) is 0 Å². The number of aromatic nitrogens is 2. The summed E-state index contributed by atoms with van der Waals surface area (Å²) in [5, 5.41) is -0.226. The summed E-state index contributed by atoms with van der Waals surface area (Å²) in [6.45, 7) is -3.08. The zero-order valence-corrected chi connectivity index (χ0v) is 12.0. The van der Waals surface area contributed by atoms with Crippen LogP contribution in [0.2, 0.25) is 5.02 Å². The van der Waals surface area contributed by atoms with Crippen molar-refractivity contribution in [3.05, 3.63) is 41.4 Å². The SMILES string of the molecule is O=S(=O)(NCc1ncc[nH]1)c1ccc(OC(F)F)c(Cl)c1. The maximum absolute atomic E-state index is 12.1. The summed E-state index contributed by atoms with van der Waals surface area (Å²) in [5.74, 6) is 0.138. The first-order chi connectivity index (χ1) is 9.88. The van der Waals surface area contributed by atoms with Gasteiger partial charge in [0, 0.05) is 12.4 Å². The van der Waals surface area contributed by atoms with Crippen LogP contribution >= 0.6 is 11.6 Å². The Kier molecular flexibility index (Phi) is 4.76. The minimum Gasteiger partial charge on any atom is -0.433 e. The second kappa shape index (κ2) is 6.37. The summed E-state index contributed by atoms with van der Waals surface area (Å²) in [7, 11) is -3.84. The van der Waals surface area contributed by atoms with Gasteiger partial charge >= 0.3 is 6.61 Å². The number of hydrogen-bond acceptors (Lipinski definition) is 4. The van der Waals surface area contributed by atoms with Crippen LogP contribution in [0.1, 0.15) is 5.82 Å². The molecule has 114 valence electrons. The first-order valence-corrected chi connectivity index (χ1v) is 7.47. The fraction of sp³-hybridized carbons (Fsp3) is 0.182. The highest BCUT2D eigenvalue weighted by Crippen LogP contribution is 2.28. The maximum Gasteiger partial charge on any atom is 0.387 e. The predicted octanol–water partition coefficient (Wildman–Crippen LogP) is 2.14. The molecule has 0 aliphatic heterocycles. The molecule has 2 aromatic rings. The Morgan fingerprint density at radius 1 is 1.43 bits per heavy atom. The molecule has 1 heterocycles. The summed E-state index contributed by atoms with van der Waals surface area (Å²) < 4.78 is 54.6. The van der Waals surface area contributed by atoms with E-state index >= 15 is 0 Å². The van der Waals surface area contributed by atoms with Crippen LogP contribution in [0.15, 0.2) is 35.5 Å². The van der Waals surface area contributed by atoms with E-state index in [1.807, 2.05) is 0 Å². The second-order valence-corrected chi connectivity index (χ2v) is 6.01. The highest BCUT2D eigenvalue weighted by atomic mass is 35.5. The molecule has 0 fully saturated rings.